The van der Waals surface area contributed by atoms with Crippen LogP contribution >= 0.6 is 0 Å². The molecule has 0 unspecified atom stereocenters. The third-order valence-corrected chi connectivity index (χ3v) is 3.48. The van der Waals surface area contributed by atoms with E-state index in [4.69, 9.17) is 10.5 Å². The molecule has 2 rings (SSSR count). The smallest absolute Gasteiger partial charge is 0.302 e. The van der Waals surface area contributed by atoms with Gasteiger partial charge in [0, 0.05) is 19.4 Å². The van der Waals surface area contributed by atoms with Crippen LogP contribution in [0.15, 0.2) is 47.5 Å². The SMILES string of the molecule is CC(=O)OCCc1ccc(N=C(N)CC(=O)c2ccc(F)cc2F)cc1. The first-order valence-electron chi connectivity index (χ1n) is 7.88. The minimum absolute atomic E-state index is 0.0198. The minimum atomic E-state index is -0.931. The number of halogens is 2. The van der Waals surface area contributed by atoms with Crippen molar-refractivity contribution in [3.05, 3.63) is 65.2 Å². The molecule has 26 heavy (non-hydrogen) atoms. The summed E-state index contributed by atoms with van der Waals surface area (Å²) in [6, 6.07) is 9.76. The van der Waals surface area contributed by atoms with Gasteiger partial charge in [-0.15, -0.1) is 0 Å². The molecule has 0 saturated carbocycles. The van der Waals surface area contributed by atoms with Crippen LogP contribution in [0, 0.1) is 11.6 Å². The van der Waals surface area contributed by atoms with E-state index >= 15 is 0 Å². The van der Waals surface area contributed by atoms with Gasteiger partial charge in [-0.2, -0.15) is 0 Å². The van der Waals surface area contributed by atoms with E-state index in [0.717, 1.165) is 17.7 Å². The third kappa shape index (κ3) is 5.77. The van der Waals surface area contributed by atoms with Crippen LogP contribution in [-0.2, 0) is 16.0 Å². The standard InChI is InChI=1S/C19H18F2N2O3/c1-12(24)26-9-8-13-2-5-15(6-3-13)23-19(22)11-18(25)16-7-4-14(20)10-17(16)21/h2-7,10H,8-9,11H2,1H3,(H2,22,23). The van der Waals surface area contributed by atoms with Gasteiger partial charge in [0.05, 0.1) is 24.3 Å². The Hall–Kier alpha value is -3.09. The first-order valence-corrected chi connectivity index (χ1v) is 7.88. The Morgan fingerprint density at radius 3 is 2.42 bits per heavy atom. The summed E-state index contributed by atoms with van der Waals surface area (Å²) >= 11 is 0. The maximum atomic E-state index is 13.6. The monoisotopic (exact) mass is 360 g/mol. The second-order valence-corrected chi connectivity index (χ2v) is 5.58. The molecule has 0 bridgehead atoms. The maximum Gasteiger partial charge on any atom is 0.302 e. The van der Waals surface area contributed by atoms with Gasteiger partial charge < -0.3 is 10.5 Å². The predicted octanol–water partition coefficient (Wildman–Crippen LogP) is 3.33. The van der Waals surface area contributed by atoms with Crippen LogP contribution in [0.3, 0.4) is 0 Å². The number of amidine groups is 1. The van der Waals surface area contributed by atoms with Gasteiger partial charge in [0.15, 0.2) is 5.78 Å². The van der Waals surface area contributed by atoms with Crippen molar-refractivity contribution in [2.75, 3.05) is 6.61 Å². The molecular weight excluding hydrogens is 342 g/mol. The number of nitrogens with zero attached hydrogens (tertiary/aromatic N) is 1. The molecule has 0 heterocycles. The van der Waals surface area contributed by atoms with Crippen LogP contribution < -0.4 is 5.73 Å². The van der Waals surface area contributed by atoms with Crippen molar-refractivity contribution in [2.45, 2.75) is 19.8 Å². The number of nitrogens with two attached hydrogens (primary N) is 1. The van der Waals surface area contributed by atoms with Crippen molar-refractivity contribution < 1.29 is 23.1 Å². The van der Waals surface area contributed by atoms with Gasteiger partial charge in [0.25, 0.3) is 0 Å². The lowest BCUT2D eigenvalue weighted by Gasteiger charge is -2.05. The van der Waals surface area contributed by atoms with Crippen molar-refractivity contribution in [3.63, 3.8) is 0 Å². The zero-order chi connectivity index (χ0) is 19.1. The van der Waals surface area contributed by atoms with E-state index in [1.807, 2.05) is 0 Å². The maximum absolute atomic E-state index is 13.6. The van der Waals surface area contributed by atoms with Crippen molar-refractivity contribution in [1.82, 2.24) is 0 Å². The van der Waals surface area contributed by atoms with Gasteiger partial charge >= 0.3 is 5.97 Å². The molecule has 7 heteroatoms. The lowest BCUT2D eigenvalue weighted by molar-refractivity contribution is -0.140. The Bertz CT molecular complexity index is 833. The number of carbonyl (C=O) groups excluding carboxylic acids is 2. The van der Waals surface area contributed by atoms with Gasteiger partial charge in [-0.1, -0.05) is 12.1 Å². The summed E-state index contributed by atoms with van der Waals surface area (Å²) in [6.07, 6.45) is 0.290. The average Bonchev–Trinajstić information content (AvgIpc) is 2.55. The normalized spacial score (nSPS) is 11.3. The highest BCUT2D eigenvalue weighted by Gasteiger charge is 2.14. The molecular formula is C19H18F2N2O3. The Morgan fingerprint density at radius 1 is 1.12 bits per heavy atom. The molecule has 0 spiro atoms. The number of benzene rings is 2. The van der Waals surface area contributed by atoms with Gasteiger partial charge in [-0.05, 0) is 29.8 Å². The summed E-state index contributed by atoms with van der Waals surface area (Å²) in [7, 11) is 0. The molecule has 0 radical (unpaired) electrons. The number of aliphatic imine (C=N–C) groups is 1. The molecule has 0 aliphatic carbocycles. The summed E-state index contributed by atoms with van der Waals surface area (Å²) in [5.74, 6) is -2.58. The van der Waals surface area contributed by atoms with Crippen molar-refractivity contribution >= 4 is 23.3 Å². The molecule has 2 aromatic carbocycles. The Kier molecular flexibility index (Phi) is 6.54. The zero-order valence-electron chi connectivity index (χ0n) is 14.2. The van der Waals surface area contributed by atoms with E-state index in [1.54, 1.807) is 24.3 Å². The number of esters is 1. The van der Waals surface area contributed by atoms with Gasteiger partial charge in [-0.3, -0.25) is 9.59 Å². The molecule has 136 valence electrons. The van der Waals surface area contributed by atoms with Gasteiger partial charge in [0.2, 0.25) is 0 Å². The number of hydrogen-bond acceptors (Lipinski definition) is 4. The zero-order valence-corrected chi connectivity index (χ0v) is 14.2. The number of hydrogen-bond donors (Lipinski definition) is 1. The number of ketones is 1. The minimum Gasteiger partial charge on any atom is -0.466 e. The number of ether oxygens (including phenoxy) is 1. The molecule has 2 N–H and O–H groups in total. The number of carbonyl (C=O) groups is 2. The van der Waals surface area contributed by atoms with E-state index in [9.17, 15) is 18.4 Å². The van der Waals surface area contributed by atoms with Gasteiger partial charge in [0.1, 0.15) is 17.5 Å². The summed E-state index contributed by atoms with van der Waals surface area (Å²) < 4.78 is 31.4. The molecule has 0 saturated heterocycles. The van der Waals surface area contributed by atoms with E-state index in [1.165, 1.54) is 6.92 Å². The molecule has 0 aromatic heterocycles. The molecule has 0 aliphatic rings. The molecule has 0 amide bonds. The fourth-order valence-electron chi connectivity index (χ4n) is 2.23. The Balaban J connectivity index is 1.98. The third-order valence-electron chi connectivity index (χ3n) is 3.48. The van der Waals surface area contributed by atoms with Crippen LogP contribution in [0.2, 0.25) is 0 Å². The van der Waals surface area contributed by atoms with E-state index in [-0.39, 0.29) is 30.4 Å². The molecule has 5 nitrogen and oxygen atoms in total. The fraction of sp³-hybridized carbons (Fsp3) is 0.211. The van der Waals surface area contributed by atoms with Crippen LogP contribution in [0.25, 0.3) is 0 Å². The van der Waals surface area contributed by atoms with Crippen LogP contribution in [-0.4, -0.2) is 24.2 Å². The second kappa shape index (κ2) is 8.84. The largest absolute Gasteiger partial charge is 0.466 e. The fourth-order valence-corrected chi connectivity index (χ4v) is 2.23. The molecule has 0 aliphatic heterocycles. The predicted molar refractivity (Wildman–Crippen MR) is 93.4 cm³/mol. The quantitative estimate of drug-likeness (QED) is 0.355. The Labute approximate surface area is 149 Å². The Morgan fingerprint density at radius 2 is 1.81 bits per heavy atom. The van der Waals surface area contributed by atoms with Crippen molar-refractivity contribution in [1.29, 1.82) is 0 Å². The topological polar surface area (TPSA) is 81.8 Å². The molecule has 0 atom stereocenters. The van der Waals surface area contributed by atoms with E-state index < -0.39 is 17.4 Å². The summed E-state index contributed by atoms with van der Waals surface area (Å²) in [4.78, 5) is 26.9. The number of rotatable bonds is 7. The second-order valence-electron chi connectivity index (χ2n) is 5.58. The molecule has 0 fully saturated rings. The summed E-state index contributed by atoms with van der Waals surface area (Å²) in [5, 5.41) is 0. The van der Waals surface area contributed by atoms with Crippen LogP contribution in [0.1, 0.15) is 29.3 Å². The summed E-state index contributed by atoms with van der Waals surface area (Å²) in [6.45, 7) is 1.64. The summed E-state index contributed by atoms with van der Waals surface area (Å²) in [5.41, 5.74) is 7.01. The van der Waals surface area contributed by atoms with Crippen molar-refractivity contribution in [3.8, 4) is 0 Å². The average molecular weight is 360 g/mol. The van der Waals surface area contributed by atoms with Crippen molar-refractivity contribution in [2.24, 2.45) is 10.7 Å². The van der Waals surface area contributed by atoms with Gasteiger partial charge in [-0.25, -0.2) is 13.8 Å². The highest BCUT2D eigenvalue weighted by molar-refractivity contribution is 6.09. The van der Waals surface area contributed by atoms with Crippen LogP contribution in [0.5, 0.6) is 0 Å². The first kappa shape index (κ1) is 19.2. The van der Waals surface area contributed by atoms with E-state index in [0.29, 0.717) is 18.2 Å². The lowest BCUT2D eigenvalue weighted by Crippen LogP contribution is -2.17. The first-order chi connectivity index (χ1) is 12.3. The number of Topliss-reactive ketones (excluding diaryl/α,β-unsaturated/α-hetero) is 1. The molecule has 2 aromatic rings. The lowest BCUT2D eigenvalue weighted by atomic mass is 10.1. The van der Waals surface area contributed by atoms with E-state index in [2.05, 4.69) is 4.99 Å². The highest BCUT2D eigenvalue weighted by Crippen LogP contribution is 2.16. The highest BCUT2D eigenvalue weighted by atomic mass is 19.1. The van der Waals surface area contributed by atoms with Crippen LogP contribution in [0.4, 0.5) is 14.5 Å².